The first-order valence-electron chi connectivity index (χ1n) is 8.29. The van der Waals surface area contributed by atoms with Crippen LogP contribution in [-0.4, -0.2) is 17.6 Å². The van der Waals surface area contributed by atoms with Crippen molar-refractivity contribution in [3.05, 3.63) is 83.4 Å². The molecule has 0 radical (unpaired) electrons. The maximum Gasteiger partial charge on any atom is 0.261 e. The summed E-state index contributed by atoms with van der Waals surface area (Å²) in [4.78, 5) is 13.0. The SMILES string of the molecule is O=C(NC[C@@H](O)c1ccc(-c2ccco2)cc1)c1cc2ccccc2s1. The summed E-state index contributed by atoms with van der Waals surface area (Å²) in [5.41, 5.74) is 1.69. The lowest BCUT2D eigenvalue weighted by molar-refractivity contribution is 0.0920. The molecule has 2 heterocycles. The highest BCUT2D eigenvalue weighted by Crippen LogP contribution is 2.25. The maximum atomic E-state index is 12.3. The van der Waals surface area contributed by atoms with E-state index in [1.807, 2.05) is 66.7 Å². The van der Waals surface area contributed by atoms with E-state index >= 15 is 0 Å². The van der Waals surface area contributed by atoms with Crippen LogP contribution >= 0.6 is 11.3 Å². The summed E-state index contributed by atoms with van der Waals surface area (Å²) < 4.78 is 6.43. The van der Waals surface area contributed by atoms with Gasteiger partial charge in [-0.25, -0.2) is 0 Å². The molecule has 2 aromatic heterocycles. The van der Waals surface area contributed by atoms with Crippen LogP contribution in [0.5, 0.6) is 0 Å². The van der Waals surface area contributed by atoms with Crippen LogP contribution in [0.3, 0.4) is 0 Å². The van der Waals surface area contributed by atoms with Crippen molar-refractivity contribution in [2.45, 2.75) is 6.10 Å². The van der Waals surface area contributed by atoms with Gasteiger partial charge >= 0.3 is 0 Å². The van der Waals surface area contributed by atoms with Crippen molar-refractivity contribution in [1.82, 2.24) is 5.32 Å². The Morgan fingerprint density at radius 1 is 1.08 bits per heavy atom. The number of benzene rings is 2. The van der Waals surface area contributed by atoms with Crippen LogP contribution in [0, 0.1) is 0 Å². The first kappa shape index (κ1) is 16.6. The van der Waals surface area contributed by atoms with Crippen molar-refractivity contribution in [2.24, 2.45) is 0 Å². The highest BCUT2D eigenvalue weighted by molar-refractivity contribution is 7.20. The zero-order valence-electron chi connectivity index (χ0n) is 13.9. The Balaban J connectivity index is 1.40. The molecule has 1 atom stereocenters. The van der Waals surface area contributed by atoms with Crippen LogP contribution in [0.25, 0.3) is 21.4 Å². The molecule has 0 aliphatic rings. The van der Waals surface area contributed by atoms with Gasteiger partial charge < -0.3 is 14.8 Å². The molecule has 0 fully saturated rings. The fraction of sp³-hybridized carbons (Fsp3) is 0.0952. The van der Waals surface area contributed by atoms with Gasteiger partial charge in [0, 0.05) is 16.8 Å². The molecule has 4 rings (SSSR count). The van der Waals surface area contributed by atoms with Crippen LogP contribution in [0.2, 0.25) is 0 Å². The van der Waals surface area contributed by atoms with Gasteiger partial charge in [-0.1, -0.05) is 42.5 Å². The van der Waals surface area contributed by atoms with E-state index in [2.05, 4.69) is 5.32 Å². The van der Waals surface area contributed by atoms with E-state index in [-0.39, 0.29) is 12.5 Å². The van der Waals surface area contributed by atoms with E-state index in [0.717, 1.165) is 27.0 Å². The van der Waals surface area contributed by atoms with Crippen LogP contribution in [0.4, 0.5) is 0 Å². The minimum atomic E-state index is -0.765. The lowest BCUT2D eigenvalue weighted by Gasteiger charge is -2.12. The van der Waals surface area contributed by atoms with Crippen molar-refractivity contribution >= 4 is 27.3 Å². The van der Waals surface area contributed by atoms with E-state index in [1.165, 1.54) is 11.3 Å². The van der Waals surface area contributed by atoms with Gasteiger partial charge in [0.15, 0.2) is 0 Å². The maximum absolute atomic E-state index is 12.3. The molecular weight excluding hydrogens is 346 g/mol. The molecule has 2 aromatic carbocycles. The molecule has 0 unspecified atom stereocenters. The number of nitrogens with one attached hydrogen (secondary N) is 1. The third-order valence-electron chi connectivity index (χ3n) is 4.21. The van der Waals surface area contributed by atoms with E-state index in [4.69, 9.17) is 4.42 Å². The number of carbonyl (C=O) groups excluding carboxylic acids is 1. The van der Waals surface area contributed by atoms with E-state index in [0.29, 0.717) is 4.88 Å². The molecule has 0 aliphatic heterocycles. The second-order valence-corrected chi connectivity index (χ2v) is 7.06. The number of furan rings is 1. The zero-order chi connectivity index (χ0) is 17.9. The average molecular weight is 363 g/mol. The molecule has 4 nitrogen and oxygen atoms in total. The minimum absolute atomic E-state index is 0.160. The zero-order valence-corrected chi connectivity index (χ0v) is 14.7. The first-order valence-corrected chi connectivity index (χ1v) is 9.11. The monoisotopic (exact) mass is 363 g/mol. The van der Waals surface area contributed by atoms with Gasteiger partial charge in [0.25, 0.3) is 5.91 Å². The number of carbonyl (C=O) groups is 1. The molecule has 0 spiro atoms. The van der Waals surface area contributed by atoms with Crippen molar-refractivity contribution in [3.63, 3.8) is 0 Å². The Hall–Kier alpha value is -2.89. The van der Waals surface area contributed by atoms with Crippen LogP contribution < -0.4 is 5.32 Å². The Kier molecular flexibility index (Phi) is 4.56. The summed E-state index contributed by atoms with van der Waals surface area (Å²) in [5.74, 6) is 0.613. The van der Waals surface area contributed by atoms with E-state index in [1.54, 1.807) is 6.26 Å². The number of thiophene rings is 1. The third kappa shape index (κ3) is 3.40. The quantitative estimate of drug-likeness (QED) is 0.544. The van der Waals surface area contributed by atoms with Gasteiger partial charge in [-0.2, -0.15) is 0 Å². The molecule has 130 valence electrons. The lowest BCUT2D eigenvalue weighted by atomic mass is 10.1. The topological polar surface area (TPSA) is 62.5 Å². The molecule has 26 heavy (non-hydrogen) atoms. The summed E-state index contributed by atoms with van der Waals surface area (Å²) in [6.45, 7) is 0.160. The molecule has 4 aromatic rings. The van der Waals surface area contributed by atoms with Gasteiger partial charge in [-0.15, -0.1) is 11.3 Å². The number of aliphatic hydroxyl groups excluding tert-OH is 1. The highest BCUT2D eigenvalue weighted by Gasteiger charge is 2.13. The standard InChI is InChI=1S/C21H17NO3S/c23-17(14-7-9-15(10-8-14)18-5-3-11-25-18)13-22-21(24)20-12-16-4-1-2-6-19(16)26-20/h1-12,17,23H,13H2,(H,22,24)/t17-/m1/s1. The normalized spacial score (nSPS) is 12.2. The van der Waals surface area contributed by atoms with Crippen LogP contribution in [0.15, 0.2) is 77.4 Å². The molecule has 0 bridgehead atoms. The molecule has 1 amide bonds. The summed E-state index contributed by atoms with van der Waals surface area (Å²) in [7, 11) is 0. The predicted molar refractivity (Wildman–Crippen MR) is 103 cm³/mol. The van der Waals surface area contributed by atoms with Crippen molar-refractivity contribution in [1.29, 1.82) is 0 Å². The second-order valence-electron chi connectivity index (χ2n) is 5.97. The van der Waals surface area contributed by atoms with Crippen molar-refractivity contribution in [2.75, 3.05) is 6.54 Å². The number of amides is 1. The van der Waals surface area contributed by atoms with Gasteiger partial charge in [0.1, 0.15) is 5.76 Å². The first-order chi connectivity index (χ1) is 12.7. The lowest BCUT2D eigenvalue weighted by Crippen LogP contribution is -2.27. The number of fused-ring (bicyclic) bond motifs is 1. The Morgan fingerprint density at radius 2 is 1.88 bits per heavy atom. The van der Waals surface area contributed by atoms with Gasteiger partial charge in [0.05, 0.1) is 17.2 Å². The van der Waals surface area contributed by atoms with Crippen molar-refractivity contribution in [3.8, 4) is 11.3 Å². The molecule has 0 aliphatic carbocycles. The molecule has 2 N–H and O–H groups in total. The predicted octanol–water partition coefficient (Wildman–Crippen LogP) is 4.62. The van der Waals surface area contributed by atoms with Gasteiger partial charge in [0.2, 0.25) is 0 Å². The summed E-state index contributed by atoms with van der Waals surface area (Å²) in [6, 6.07) is 20.9. The summed E-state index contributed by atoms with van der Waals surface area (Å²) in [6.07, 6.45) is 0.862. The second kappa shape index (κ2) is 7.15. The Bertz CT molecular complexity index is 986. The van der Waals surface area contributed by atoms with Crippen LogP contribution in [-0.2, 0) is 0 Å². The van der Waals surface area contributed by atoms with Crippen molar-refractivity contribution < 1.29 is 14.3 Å². The molecule has 0 saturated carbocycles. The molecule has 0 saturated heterocycles. The highest BCUT2D eigenvalue weighted by atomic mass is 32.1. The van der Waals surface area contributed by atoms with Gasteiger partial charge in [-0.05, 0) is 35.2 Å². The van der Waals surface area contributed by atoms with E-state index in [9.17, 15) is 9.90 Å². The average Bonchev–Trinajstić information content (AvgIpc) is 3.35. The number of aliphatic hydroxyl groups is 1. The number of hydrogen-bond acceptors (Lipinski definition) is 4. The summed E-state index contributed by atoms with van der Waals surface area (Å²) >= 11 is 1.45. The fourth-order valence-corrected chi connectivity index (χ4v) is 3.78. The molecule has 5 heteroatoms. The minimum Gasteiger partial charge on any atom is -0.464 e. The smallest absolute Gasteiger partial charge is 0.261 e. The Labute approximate surface area is 154 Å². The largest absolute Gasteiger partial charge is 0.464 e. The number of hydrogen-bond donors (Lipinski definition) is 2. The fourth-order valence-electron chi connectivity index (χ4n) is 2.80. The van der Waals surface area contributed by atoms with Crippen LogP contribution in [0.1, 0.15) is 21.3 Å². The third-order valence-corrected chi connectivity index (χ3v) is 5.32. The van der Waals surface area contributed by atoms with Gasteiger partial charge in [-0.3, -0.25) is 4.79 Å². The number of rotatable bonds is 5. The van der Waals surface area contributed by atoms with E-state index < -0.39 is 6.10 Å². The molecular formula is C21H17NO3S. The Morgan fingerprint density at radius 3 is 2.62 bits per heavy atom. The summed E-state index contributed by atoms with van der Waals surface area (Å²) in [5, 5.41) is 14.2.